The minimum atomic E-state index is 0.599. The molecular weight excluding hydrogens is 114 g/mol. The SMILES string of the molecule is C1#CCOCCCNC1. The third-order valence-electron chi connectivity index (χ3n) is 1.15. The van der Waals surface area contributed by atoms with Crippen LogP contribution in [0.15, 0.2) is 0 Å². The maximum absolute atomic E-state index is 5.14. The minimum absolute atomic E-state index is 0.599. The zero-order chi connectivity index (χ0) is 6.36. The molecule has 0 radical (unpaired) electrons. The van der Waals surface area contributed by atoms with Gasteiger partial charge in [-0.3, -0.25) is 0 Å². The monoisotopic (exact) mass is 125 g/mol. The van der Waals surface area contributed by atoms with E-state index in [0.717, 1.165) is 26.1 Å². The Morgan fingerprint density at radius 1 is 1.33 bits per heavy atom. The lowest BCUT2D eigenvalue weighted by Gasteiger charge is -1.97. The summed E-state index contributed by atoms with van der Waals surface area (Å²) in [5.41, 5.74) is 0. The van der Waals surface area contributed by atoms with E-state index in [9.17, 15) is 0 Å². The predicted octanol–water partition coefficient (Wildman–Crippen LogP) is -0.000300. The Bertz CT molecular complexity index is 111. The topological polar surface area (TPSA) is 21.3 Å². The van der Waals surface area contributed by atoms with Gasteiger partial charge in [0, 0.05) is 6.61 Å². The van der Waals surface area contributed by atoms with Crippen molar-refractivity contribution in [3.8, 4) is 11.8 Å². The van der Waals surface area contributed by atoms with Crippen molar-refractivity contribution in [1.29, 1.82) is 0 Å². The number of ether oxygens (including phenoxy) is 1. The second-order valence-electron chi connectivity index (χ2n) is 1.94. The molecule has 50 valence electrons. The second kappa shape index (κ2) is 4.37. The Morgan fingerprint density at radius 3 is 3.33 bits per heavy atom. The van der Waals surface area contributed by atoms with Gasteiger partial charge in [0.2, 0.25) is 0 Å². The highest BCUT2D eigenvalue weighted by molar-refractivity contribution is 5.01. The molecule has 0 fully saturated rings. The lowest BCUT2D eigenvalue weighted by atomic mass is 10.4. The third kappa shape index (κ3) is 3.12. The highest BCUT2D eigenvalue weighted by Gasteiger charge is 1.88. The van der Waals surface area contributed by atoms with Gasteiger partial charge in [0.15, 0.2) is 0 Å². The molecule has 0 amide bonds. The molecule has 2 nitrogen and oxygen atoms in total. The van der Waals surface area contributed by atoms with Crippen molar-refractivity contribution in [1.82, 2.24) is 5.32 Å². The summed E-state index contributed by atoms with van der Waals surface area (Å²) in [4.78, 5) is 0. The standard InChI is InChI=1S/C7H11NO/c1-2-6-9-7-3-5-8-4-1/h8H,3-7H2. The molecule has 0 aliphatic carbocycles. The first-order chi connectivity index (χ1) is 4.50. The molecule has 1 aliphatic heterocycles. The molecule has 9 heavy (non-hydrogen) atoms. The van der Waals surface area contributed by atoms with Crippen LogP contribution in [0.3, 0.4) is 0 Å². The quantitative estimate of drug-likeness (QED) is 0.460. The highest BCUT2D eigenvalue weighted by Crippen LogP contribution is 1.81. The summed E-state index contributed by atoms with van der Waals surface area (Å²) in [7, 11) is 0. The Labute approximate surface area is 55.6 Å². The first-order valence-corrected chi connectivity index (χ1v) is 3.24. The van der Waals surface area contributed by atoms with Gasteiger partial charge in [0.25, 0.3) is 0 Å². The summed E-state index contributed by atoms with van der Waals surface area (Å²) in [6.07, 6.45) is 1.09. The van der Waals surface area contributed by atoms with Crippen LogP contribution in [0.25, 0.3) is 0 Å². The molecule has 2 heteroatoms. The van der Waals surface area contributed by atoms with Gasteiger partial charge >= 0.3 is 0 Å². The largest absolute Gasteiger partial charge is 0.369 e. The van der Waals surface area contributed by atoms with E-state index in [2.05, 4.69) is 17.2 Å². The molecule has 0 spiro atoms. The smallest absolute Gasteiger partial charge is 0.107 e. The van der Waals surface area contributed by atoms with Crippen LogP contribution < -0.4 is 5.32 Å². The molecule has 0 bridgehead atoms. The molecule has 1 rings (SSSR count). The van der Waals surface area contributed by atoms with Crippen molar-refractivity contribution >= 4 is 0 Å². The van der Waals surface area contributed by atoms with Crippen LogP contribution in [0.2, 0.25) is 0 Å². The molecule has 1 N–H and O–H groups in total. The van der Waals surface area contributed by atoms with Crippen LogP contribution in [-0.4, -0.2) is 26.3 Å². The van der Waals surface area contributed by atoms with Gasteiger partial charge in [-0.25, -0.2) is 0 Å². The molecule has 1 aliphatic rings. The van der Waals surface area contributed by atoms with E-state index in [1.54, 1.807) is 0 Å². The van der Waals surface area contributed by atoms with E-state index in [0.29, 0.717) is 6.61 Å². The molecule has 0 aromatic heterocycles. The van der Waals surface area contributed by atoms with Crippen LogP contribution >= 0.6 is 0 Å². The van der Waals surface area contributed by atoms with Crippen molar-refractivity contribution in [3.63, 3.8) is 0 Å². The zero-order valence-electron chi connectivity index (χ0n) is 5.44. The maximum Gasteiger partial charge on any atom is 0.107 e. The van der Waals surface area contributed by atoms with Gasteiger partial charge in [0.1, 0.15) is 6.61 Å². The summed E-state index contributed by atoms with van der Waals surface area (Å²) < 4.78 is 5.14. The third-order valence-corrected chi connectivity index (χ3v) is 1.15. The van der Waals surface area contributed by atoms with E-state index >= 15 is 0 Å². The molecule has 0 atom stereocenters. The Kier molecular flexibility index (Phi) is 3.20. The molecule has 0 saturated carbocycles. The van der Waals surface area contributed by atoms with E-state index < -0.39 is 0 Å². The molecule has 0 unspecified atom stereocenters. The van der Waals surface area contributed by atoms with Gasteiger partial charge in [-0.15, -0.1) is 0 Å². The van der Waals surface area contributed by atoms with Crippen LogP contribution in [0.5, 0.6) is 0 Å². The van der Waals surface area contributed by atoms with E-state index in [-0.39, 0.29) is 0 Å². The molecular formula is C7H11NO. The number of rotatable bonds is 0. The van der Waals surface area contributed by atoms with Crippen LogP contribution in [-0.2, 0) is 4.74 Å². The lowest BCUT2D eigenvalue weighted by Crippen LogP contribution is -2.15. The summed E-state index contributed by atoms with van der Waals surface area (Å²) in [6, 6.07) is 0. The fourth-order valence-electron chi connectivity index (χ4n) is 0.687. The lowest BCUT2D eigenvalue weighted by molar-refractivity contribution is 0.165. The van der Waals surface area contributed by atoms with Gasteiger partial charge in [0.05, 0.1) is 6.54 Å². The first kappa shape index (κ1) is 6.60. The molecule has 0 saturated heterocycles. The van der Waals surface area contributed by atoms with E-state index in [4.69, 9.17) is 4.74 Å². The number of nitrogens with one attached hydrogen (secondary N) is 1. The van der Waals surface area contributed by atoms with Gasteiger partial charge in [-0.1, -0.05) is 11.8 Å². The van der Waals surface area contributed by atoms with Crippen molar-refractivity contribution in [3.05, 3.63) is 0 Å². The van der Waals surface area contributed by atoms with Gasteiger partial charge < -0.3 is 10.1 Å². The van der Waals surface area contributed by atoms with Crippen molar-refractivity contribution in [2.45, 2.75) is 6.42 Å². The van der Waals surface area contributed by atoms with E-state index in [1.165, 1.54) is 0 Å². The summed E-state index contributed by atoms with van der Waals surface area (Å²) >= 11 is 0. The Hall–Kier alpha value is -0.520. The normalized spacial score (nSPS) is 20.4. The summed E-state index contributed by atoms with van der Waals surface area (Å²) in [5.74, 6) is 5.83. The Balaban J connectivity index is 2.19. The summed E-state index contributed by atoms with van der Waals surface area (Å²) in [5, 5.41) is 3.17. The maximum atomic E-state index is 5.14. The first-order valence-electron chi connectivity index (χ1n) is 3.24. The van der Waals surface area contributed by atoms with Crippen molar-refractivity contribution in [2.24, 2.45) is 0 Å². The second-order valence-corrected chi connectivity index (χ2v) is 1.94. The van der Waals surface area contributed by atoms with Gasteiger partial charge in [-0.05, 0) is 13.0 Å². The number of hydrogen-bond acceptors (Lipinski definition) is 2. The van der Waals surface area contributed by atoms with Crippen molar-refractivity contribution in [2.75, 3.05) is 26.3 Å². The predicted molar refractivity (Wildman–Crippen MR) is 36.1 cm³/mol. The summed E-state index contributed by atoms with van der Waals surface area (Å²) in [6.45, 7) is 3.27. The van der Waals surface area contributed by atoms with Crippen molar-refractivity contribution < 1.29 is 4.74 Å². The molecule has 1 heterocycles. The van der Waals surface area contributed by atoms with Crippen LogP contribution in [0.1, 0.15) is 6.42 Å². The van der Waals surface area contributed by atoms with Crippen LogP contribution in [0, 0.1) is 11.8 Å². The average Bonchev–Trinajstić information content (AvgIpc) is 2.00. The average molecular weight is 125 g/mol. The highest BCUT2D eigenvalue weighted by atomic mass is 16.5. The minimum Gasteiger partial charge on any atom is -0.369 e. The Morgan fingerprint density at radius 2 is 2.33 bits per heavy atom. The van der Waals surface area contributed by atoms with E-state index in [1.807, 2.05) is 0 Å². The van der Waals surface area contributed by atoms with Crippen LogP contribution in [0.4, 0.5) is 0 Å². The number of hydrogen-bond donors (Lipinski definition) is 1. The fraction of sp³-hybridized carbons (Fsp3) is 0.714. The fourth-order valence-corrected chi connectivity index (χ4v) is 0.687. The molecule has 0 aromatic rings. The molecule has 0 aromatic carbocycles. The zero-order valence-corrected chi connectivity index (χ0v) is 5.44. The van der Waals surface area contributed by atoms with Gasteiger partial charge in [-0.2, -0.15) is 0 Å².